The quantitative estimate of drug-likeness (QED) is 0.830. The molecule has 0 saturated heterocycles. The van der Waals surface area contributed by atoms with E-state index in [0.717, 1.165) is 15.1 Å². The lowest BCUT2D eigenvalue weighted by atomic mass is 10.1. The van der Waals surface area contributed by atoms with Gasteiger partial charge in [0.25, 0.3) is 0 Å². The van der Waals surface area contributed by atoms with Crippen molar-refractivity contribution in [2.24, 2.45) is 5.73 Å². The number of hydrogen-bond acceptors (Lipinski definition) is 1. The van der Waals surface area contributed by atoms with E-state index < -0.39 is 0 Å². The summed E-state index contributed by atoms with van der Waals surface area (Å²) in [6, 6.07) is 5.62. The van der Waals surface area contributed by atoms with E-state index in [2.05, 4.69) is 15.9 Å². The van der Waals surface area contributed by atoms with Crippen LogP contribution in [0.1, 0.15) is 18.5 Å². The molecule has 1 nitrogen and oxygen atoms in total. The standard InChI is InChI=1S/C8H9BrClN.ClH/c1-5(11)7-4-6(10)2-3-8(7)9;/h2-5H,11H2,1H3;1H. The van der Waals surface area contributed by atoms with Crippen LogP contribution in [0.15, 0.2) is 22.7 Å². The van der Waals surface area contributed by atoms with Crippen molar-refractivity contribution in [1.82, 2.24) is 0 Å². The topological polar surface area (TPSA) is 26.0 Å². The first-order chi connectivity index (χ1) is 5.11. The molecule has 0 spiro atoms. The zero-order valence-corrected chi connectivity index (χ0v) is 9.71. The van der Waals surface area contributed by atoms with Crippen LogP contribution in [0.25, 0.3) is 0 Å². The summed E-state index contributed by atoms with van der Waals surface area (Å²) in [5.74, 6) is 0. The van der Waals surface area contributed by atoms with Gasteiger partial charge in [-0.25, -0.2) is 0 Å². The highest BCUT2D eigenvalue weighted by Gasteiger charge is 2.04. The Hall–Kier alpha value is 0.240. The van der Waals surface area contributed by atoms with Gasteiger partial charge in [0.15, 0.2) is 0 Å². The SMILES string of the molecule is CC(N)c1cc(Cl)ccc1Br.Cl. The van der Waals surface area contributed by atoms with Crippen molar-refractivity contribution in [3.05, 3.63) is 33.3 Å². The minimum atomic E-state index is 0. The zero-order chi connectivity index (χ0) is 8.43. The van der Waals surface area contributed by atoms with Gasteiger partial charge in [-0.05, 0) is 30.7 Å². The van der Waals surface area contributed by atoms with E-state index in [1.54, 1.807) is 0 Å². The lowest BCUT2D eigenvalue weighted by molar-refractivity contribution is 0.813. The van der Waals surface area contributed by atoms with Gasteiger partial charge in [0, 0.05) is 15.5 Å². The monoisotopic (exact) mass is 269 g/mol. The van der Waals surface area contributed by atoms with Gasteiger partial charge in [-0.2, -0.15) is 0 Å². The first kappa shape index (κ1) is 12.2. The largest absolute Gasteiger partial charge is 0.324 e. The fourth-order valence-corrected chi connectivity index (χ4v) is 1.65. The van der Waals surface area contributed by atoms with Gasteiger partial charge in [0.05, 0.1) is 0 Å². The second-order valence-electron chi connectivity index (χ2n) is 2.45. The molecule has 12 heavy (non-hydrogen) atoms. The van der Waals surface area contributed by atoms with E-state index in [0.29, 0.717) is 0 Å². The predicted octanol–water partition coefficient (Wildman–Crippen LogP) is 3.54. The normalized spacial score (nSPS) is 12.0. The van der Waals surface area contributed by atoms with Crippen LogP contribution < -0.4 is 5.73 Å². The Balaban J connectivity index is 0.00000121. The minimum absolute atomic E-state index is 0. The summed E-state index contributed by atoms with van der Waals surface area (Å²) in [7, 11) is 0. The van der Waals surface area contributed by atoms with Gasteiger partial charge in [-0.1, -0.05) is 27.5 Å². The Bertz CT molecular complexity index is 263. The van der Waals surface area contributed by atoms with Gasteiger partial charge < -0.3 is 5.73 Å². The molecule has 1 unspecified atom stereocenters. The summed E-state index contributed by atoms with van der Waals surface area (Å²) in [6.07, 6.45) is 0. The molecule has 1 atom stereocenters. The molecule has 68 valence electrons. The molecule has 0 aliphatic heterocycles. The van der Waals surface area contributed by atoms with Gasteiger partial charge >= 0.3 is 0 Å². The molecule has 2 N–H and O–H groups in total. The van der Waals surface area contributed by atoms with E-state index in [-0.39, 0.29) is 18.4 Å². The van der Waals surface area contributed by atoms with Crippen LogP contribution in [0.3, 0.4) is 0 Å². The number of benzene rings is 1. The number of nitrogens with two attached hydrogens (primary N) is 1. The van der Waals surface area contributed by atoms with E-state index in [1.807, 2.05) is 25.1 Å². The lowest BCUT2D eigenvalue weighted by Crippen LogP contribution is -2.05. The molecule has 0 fully saturated rings. The van der Waals surface area contributed by atoms with E-state index in [4.69, 9.17) is 17.3 Å². The van der Waals surface area contributed by atoms with Crippen LogP contribution in [-0.2, 0) is 0 Å². The van der Waals surface area contributed by atoms with E-state index in [9.17, 15) is 0 Å². The molecule has 0 aromatic heterocycles. The molecule has 0 radical (unpaired) electrons. The highest BCUT2D eigenvalue weighted by Crippen LogP contribution is 2.24. The maximum absolute atomic E-state index is 5.78. The van der Waals surface area contributed by atoms with Crippen molar-refractivity contribution in [3.63, 3.8) is 0 Å². The average molecular weight is 271 g/mol. The summed E-state index contributed by atoms with van der Waals surface area (Å²) < 4.78 is 1.01. The van der Waals surface area contributed by atoms with Crippen molar-refractivity contribution in [1.29, 1.82) is 0 Å². The van der Waals surface area contributed by atoms with Crippen LogP contribution >= 0.6 is 39.9 Å². The van der Waals surface area contributed by atoms with Crippen molar-refractivity contribution in [2.45, 2.75) is 13.0 Å². The molecule has 0 heterocycles. The van der Waals surface area contributed by atoms with Crippen molar-refractivity contribution in [2.75, 3.05) is 0 Å². The molecule has 0 aliphatic carbocycles. The van der Waals surface area contributed by atoms with Crippen LogP contribution in [0, 0.1) is 0 Å². The van der Waals surface area contributed by atoms with Gasteiger partial charge in [-0.3, -0.25) is 0 Å². The van der Waals surface area contributed by atoms with Gasteiger partial charge in [0.1, 0.15) is 0 Å². The first-order valence-corrected chi connectivity index (χ1v) is 4.49. The summed E-state index contributed by atoms with van der Waals surface area (Å²) in [5.41, 5.74) is 6.73. The van der Waals surface area contributed by atoms with E-state index in [1.165, 1.54) is 0 Å². The highest BCUT2D eigenvalue weighted by molar-refractivity contribution is 9.10. The minimum Gasteiger partial charge on any atom is -0.324 e. The molecule has 1 aromatic carbocycles. The highest BCUT2D eigenvalue weighted by atomic mass is 79.9. The third-order valence-corrected chi connectivity index (χ3v) is 2.41. The zero-order valence-electron chi connectivity index (χ0n) is 6.55. The molecular weight excluding hydrogens is 261 g/mol. The average Bonchev–Trinajstić information content (AvgIpc) is 1.94. The molecule has 0 amide bonds. The summed E-state index contributed by atoms with van der Waals surface area (Å²) in [4.78, 5) is 0. The Morgan fingerprint density at radius 3 is 2.50 bits per heavy atom. The predicted molar refractivity (Wildman–Crippen MR) is 59.0 cm³/mol. The maximum Gasteiger partial charge on any atom is 0.0410 e. The fourth-order valence-electron chi connectivity index (χ4n) is 0.864. The Kier molecular flexibility index (Phi) is 5.18. The smallest absolute Gasteiger partial charge is 0.0410 e. The van der Waals surface area contributed by atoms with Gasteiger partial charge in [0.2, 0.25) is 0 Å². The van der Waals surface area contributed by atoms with Crippen molar-refractivity contribution in [3.8, 4) is 0 Å². The van der Waals surface area contributed by atoms with Crippen LogP contribution in [0.4, 0.5) is 0 Å². The van der Waals surface area contributed by atoms with Crippen molar-refractivity contribution < 1.29 is 0 Å². The number of rotatable bonds is 1. The molecule has 1 rings (SSSR count). The second kappa shape index (κ2) is 5.07. The Morgan fingerprint density at radius 1 is 1.50 bits per heavy atom. The van der Waals surface area contributed by atoms with Crippen LogP contribution in [0.2, 0.25) is 5.02 Å². The molecule has 1 aromatic rings. The Morgan fingerprint density at radius 2 is 2.08 bits per heavy atom. The summed E-state index contributed by atoms with van der Waals surface area (Å²) in [5, 5.41) is 0.723. The van der Waals surface area contributed by atoms with Crippen LogP contribution in [-0.4, -0.2) is 0 Å². The number of halogens is 3. The first-order valence-electron chi connectivity index (χ1n) is 3.32. The van der Waals surface area contributed by atoms with E-state index >= 15 is 0 Å². The molecule has 0 saturated carbocycles. The van der Waals surface area contributed by atoms with Crippen LogP contribution in [0.5, 0.6) is 0 Å². The molecule has 4 heteroatoms. The Labute approximate surface area is 91.8 Å². The van der Waals surface area contributed by atoms with Crippen molar-refractivity contribution >= 4 is 39.9 Å². The molecule has 0 bridgehead atoms. The molecular formula is C8H10BrCl2N. The number of hydrogen-bond donors (Lipinski definition) is 1. The fraction of sp³-hybridized carbons (Fsp3) is 0.250. The summed E-state index contributed by atoms with van der Waals surface area (Å²) >= 11 is 9.18. The summed E-state index contributed by atoms with van der Waals surface area (Å²) in [6.45, 7) is 1.93. The second-order valence-corrected chi connectivity index (χ2v) is 3.75. The maximum atomic E-state index is 5.78. The third kappa shape index (κ3) is 2.94. The third-order valence-electron chi connectivity index (χ3n) is 1.45. The van der Waals surface area contributed by atoms with Gasteiger partial charge in [-0.15, -0.1) is 12.4 Å². The molecule has 0 aliphatic rings. The lowest BCUT2D eigenvalue weighted by Gasteiger charge is -2.07.